The second-order valence-corrected chi connectivity index (χ2v) is 16.5. The highest BCUT2D eigenvalue weighted by molar-refractivity contribution is 5.96. The minimum Gasteiger partial charge on any atom is -0.460 e. The van der Waals surface area contributed by atoms with Gasteiger partial charge in [0.2, 0.25) is 11.8 Å². The number of rotatable bonds is 16. The minimum atomic E-state index is -1.64. The number of hydroxylamine groups is 2. The fraction of sp³-hybridized carbons (Fsp3) is 0.692. The Morgan fingerprint density at radius 3 is 2.41 bits per heavy atom. The second-order valence-electron chi connectivity index (χ2n) is 16.5. The maximum atomic E-state index is 14.6. The molecule has 2 bridgehead atoms. The third-order valence-corrected chi connectivity index (χ3v) is 11.1. The summed E-state index contributed by atoms with van der Waals surface area (Å²) in [5.74, 6) is -2.85. The maximum Gasteiger partial charge on any atom is 0.327 e. The Morgan fingerprint density at radius 1 is 1.03 bits per heavy atom. The molecule has 0 spiro atoms. The zero-order chi connectivity index (χ0) is 42.8. The van der Waals surface area contributed by atoms with Crippen LogP contribution in [0.1, 0.15) is 58.1 Å². The molecule has 14 atom stereocenters. The van der Waals surface area contributed by atoms with Crippen molar-refractivity contribution in [3.8, 4) is 0 Å². The lowest BCUT2D eigenvalue weighted by molar-refractivity contribution is -0.298. The highest BCUT2D eigenvalue weighted by Crippen LogP contribution is 2.55. The number of aliphatic hydroxyl groups excluding tert-OH is 6. The Balaban J connectivity index is 1.13. The van der Waals surface area contributed by atoms with Gasteiger partial charge in [0.15, 0.2) is 12.3 Å². The summed E-state index contributed by atoms with van der Waals surface area (Å²) in [5.41, 5.74) is -0.933. The summed E-state index contributed by atoms with van der Waals surface area (Å²) >= 11 is 0. The first-order valence-electron chi connectivity index (χ1n) is 19.6. The van der Waals surface area contributed by atoms with Gasteiger partial charge in [0.1, 0.15) is 72.7 Å². The first-order chi connectivity index (χ1) is 28.0. The number of esters is 2. The third kappa shape index (κ3) is 9.64. The molecule has 59 heavy (non-hydrogen) atoms. The first-order valence-corrected chi connectivity index (χ1v) is 19.6. The molecule has 0 unspecified atom stereocenters. The van der Waals surface area contributed by atoms with Gasteiger partial charge in [-0.2, -0.15) is 5.06 Å². The average molecular weight is 838 g/mol. The van der Waals surface area contributed by atoms with Crippen molar-refractivity contribution in [2.24, 2.45) is 5.41 Å². The van der Waals surface area contributed by atoms with Crippen LogP contribution in [0.5, 0.6) is 0 Å². The Kier molecular flexibility index (Phi) is 14.1. The number of carbonyl (C=O) groups excluding carboxylic acids is 4. The van der Waals surface area contributed by atoms with E-state index < -0.39 is 127 Å². The largest absolute Gasteiger partial charge is 0.460 e. The predicted octanol–water partition coefficient (Wildman–Crippen LogP) is -2.48. The summed E-state index contributed by atoms with van der Waals surface area (Å²) < 4.78 is 33.6. The molecule has 20 heteroatoms. The number of benzene rings is 1. The summed E-state index contributed by atoms with van der Waals surface area (Å²) in [6.07, 6.45) is -8.57. The van der Waals surface area contributed by atoms with Gasteiger partial charge < -0.3 is 69.7 Å². The van der Waals surface area contributed by atoms with Crippen LogP contribution in [0, 0.1) is 5.41 Å². The summed E-state index contributed by atoms with van der Waals surface area (Å²) in [4.78, 5) is 60.6. The van der Waals surface area contributed by atoms with E-state index in [4.69, 9.17) is 33.3 Å². The van der Waals surface area contributed by atoms with Crippen LogP contribution >= 0.6 is 0 Å². The normalized spacial score (nSPS) is 34.4. The van der Waals surface area contributed by atoms with Crippen LogP contribution in [-0.2, 0) is 59.0 Å². The number of ether oxygens (including phenoxy) is 6. The summed E-state index contributed by atoms with van der Waals surface area (Å²) in [6.45, 7) is 5.20. The molecule has 5 aliphatic rings. The van der Waals surface area contributed by atoms with E-state index in [-0.39, 0.29) is 39.2 Å². The van der Waals surface area contributed by atoms with Gasteiger partial charge in [-0.25, -0.2) is 0 Å². The number of hydrogen-bond acceptors (Lipinski definition) is 18. The second kappa shape index (κ2) is 18.5. The van der Waals surface area contributed by atoms with Crippen molar-refractivity contribution in [1.82, 2.24) is 15.7 Å². The van der Waals surface area contributed by atoms with E-state index in [2.05, 4.69) is 10.6 Å². The molecule has 0 aromatic heterocycles. The van der Waals surface area contributed by atoms with E-state index in [1.807, 2.05) is 0 Å². The molecule has 4 saturated heterocycles. The highest BCUT2D eigenvalue weighted by atomic mass is 16.8. The molecule has 5 fully saturated rings. The van der Waals surface area contributed by atoms with Crippen LogP contribution in [0.2, 0.25) is 0 Å². The average Bonchev–Trinajstić information content (AvgIpc) is 3.81. The lowest BCUT2D eigenvalue weighted by Gasteiger charge is -2.49. The molecule has 6 rings (SSSR count). The summed E-state index contributed by atoms with van der Waals surface area (Å²) in [7, 11) is 0. The lowest BCUT2D eigenvalue weighted by atomic mass is 9.62. The highest BCUT2D eigenvalue weighted by Gasteiger charge is 2.75. The lowest BCUT2D eigenvalue weighted by Crippen LogP contribution is -2.71. The molecule has 4 heterocycles. The zero-order valence-electron chi connectivity index (χ0n) is 33.2. The molecule has 4 aliphatic heterocycles. The Hall–Kier alpha value is -3.64. The van der Waals surface area contributed by atoms with Crippen molar-refractivity contribution in [2.75, 3.05) is 26.6 Å². The molecule has 20 nitrogen and oxygen atoms in total. The molecule has 328 valence electrons. The van der Waals surface area contributed by atoms with Gasteiger partial charge in [0.25, 0.3) is 0 Å². The standard InChI is InChI=1S/C39H55N3O17/c1-19(45)26(34(50)40-22(16-43)11-12-25(46)58-38(2,3)4)41-37(52)39-14-23-30-31(55-18-54-30)33(39)59-42(32(39)35(51)56-23)15-21-9-7-20(8-10-21)6-5-13-53-36-29(49)28(48)27(47)24(17-44)57-36/h5-10,19,22-24,26-33,36,43-45,47-49H,11-18H2,1-4H3,(H,40,50)(H,41,52)/t19-,22-,23+,24+,26+,27-,28-,29+,30-,31-,32-,33+,36-,39-/m0/s1. The molecule has 1 aromatic rings. The SMILES string of the molecule is C[C@H](O)[C@@H](NC(=O)[C@@]12C[C@H]3OC(=O)[C@@H]1N(Cc1ccc(C=CCO[C@H]4O[C@H](CO)[C@H](O)[C@H](O)[C@H]4O)cc1)O[C@@H]2[C@H]1OCO[C@H]13)C(=O)N[C@H](CO)CCC(=O)OC(C)(C)C. The molecule has 8 N–H and O–H groups in total. The quantitative estimate of drug-likeness (QED) is 0.0801. The van der Waals surface area contributed by atoms with Gasteiger partial charge in [0, 0.05) is 12.8 Å². The third-order valence-electron chi connectivity index (χ3n) is 11.1. The van der Waals surface area contributed by atoms with Crippen LogP contribution in [0.15, 0.2) is 30.3 Å². The van der Waals surface area contributed by atoms with E-state index in [1.165, 1.54) is 12.0 Å². The minimum absolute atomic E-state index is 0.0224. The summed E-state index contributed by atoms with van der Waals surface area (Å²) in [6, 6.07) is 3.40. The fourth-order valence-electron chi connectivity index (χ4n) is 8.15. The maximum absolute atomic E-state index is 14.6. The molecule has 2 amide bonds. The predicted molar refractivity (Wildman–Crippen MR) is 199 cm³/mol. The van der Waals surface area contributed by atoms with Crippen LogP contribution in [-0.4, -0.2) is 171 Å². The van der Waals surface area contributed by atoms with Crippen LogP contribution < -0.4 is 10.6 Å². The molecule has 1 aliphatic carbocycles. The van der Waals surface area contributed by atoms with Crippen molar-refractivity contribution >= 4 is 29.8 Å². The molecular weight excluding hydrogens is 782 g/mol. The smallest absolute Gasteiger partial charge is 0.327 e. The van der Waals surface area contributed by atoms with Crippen LogP contribution in [0.25, 0.3) is 6.08 Å². The Morgan fingerprint density at radius 2 is 1.75 bits per heavy atom. The molecule has 1 saturated carbocycles. The van der Waals surface area contributed by atoms with Gasteiger partial charge >= 0.3 is 11.9 Å². The van der Waals surface area contributed by atoms with Crippen molar-refractivity contribution in [3.05, 3.63) is 41.5 Å². The van der Waals surface area contributed by atoms with Crippen LogP contribution in [0.4, 0.5) is 0 Å². The number of amides is 2. The molecular formula is C39H55N3O17. The fourth-order valence-corrected chi connectivity index (χ4v) is 8.15. The van der Waals surface area contributed by atoms with Gasteiger partial charge in [-0.05, 0) is 45.2 Å². The monoisotopic (exact) mass is 837 g/mol. The molecule has 1 aromatic carbocycles. The van der Waals surface area contributed by atoms with E-state index >= 15 is 0 Å². The van der Waals surface area contributed by atoms with Crippen molar-refractivity contribution in [3.63, 3.8) is 0 Å². The van der Waals surface area contributed by atoms with Gasteiger partial charge in [-0.15, -0.1) is 0 Å². The number of carbonyl (C=O) groups is 4. The topological polar surface area (TPSA) is 282 Å². The van der Waals surface area contributed by atoms with Crippen molar-refractivity contribution < 1.29 is 83.1 Å². The van der Waals surface area contributed by atoms with Gasteiger partial charge in [0.05, 0.1) is 38.5 Å². The van der Waals surface area contributed by atoms with Crippen LogP contribution in [0.3, 0.4) is 0 Å². The van der Waals surface area contributed by atoms with E-state index in [9.17, 15) is 49.8 Å². The van der Waals surface area contributed by atoms with E-state index in [0.717, 1.165) is 5.56 Å². The Labute approximate surface area is 340 Å². The summed E-state index contributed by atoms with van der Waals surface area (Å²) in [5, 5.41) is 66.8. The molecule has 0 radical (unpaired) electrons. The number of aliphatic hydroxyl groups is 6. The number of nitrogens with zero attached hydrogens (tertiary/aromatic N) is 1. The first kappa shape index (κ1) is 44.9. The zero-order valence-corrected chi connectivity index (χ0v) is 33.2. The Bertz CT molecular complexity index is 1690. The number of fused-ring (bicyclic) bond motifs is 4. The van der Waals surface area contributed by atoms with Crippen molar-refractivity contribution in [2.45, 2.75) is 138 Å². The van der Waals surface area contributed by atoms with E-state index in [0.29, 0.717) is 5.56 Å². The van der Waals surface area contributed by atoms with Crippen molar-refractivity contribution in [1.29, 1.82) is 0 Å². The van der Waals surface area contributed by atoms with E-state index in [1.54, 1.807) is 57.2 Å². The number of hydrogen-bond donors (Lipinski definition) is 8. The van der Waals surface area contributed by atoms with Gasteiger partial charge in [-0.1, -0.05) is 36.4 Å². The number of nitrogens with one attached hydrogen (secondary N) is 2. The van der Waals surface area contributed by atoms with Gasteiger partial charge in [-0.3, -0.25) is 24.0 Å².